The number of sulfone groups is 1. The normalized spacial score (nSPS) is 14.9. The smallest absolute Gasteiger partial charge is 0.212 e. The first-order valence-electron chi connectivity index (χ1n) is 4.99. The van der Waals surface area contributed by atoms with Gasteiger partial charge in [0.25, 0.3) is 0 Å². The highest BCUT2D eigenvalue weighted by Gasteiger charge is 2.14. The van der Waals surface area contributed by atoms with Crippen molar-refractivity contribution < 1.29 is 21.9 Å². The fourth-order valence-corrected chi connectivity index (χ4v) is 3.58. The molecule has 98 valence electrons. The monoisotopic (exact) mass is 273 g/mol. The molecule has 16 heavy (non-hydrogen) atoms. The topological polar surface area (TPSA) is 101 Å². The first-order valence-corrected chi connectivity index (χ1v) is 8.70. The Kier molecular flexibility index (Phi) is 6.46. The second kappa shape index (κ2) is 6.53. The molecule has 0 aliphatic rings. The Morgan fingerprint density at radius 3 is 2.19 bits per heavy atom. The number of sulfonamides is 1. The van der Waals surface area contributed by atoms with Crippen molar-refractivity contribution >= 4 is 19.9 Å². The number of aliphatic hydroxyl groups excluding tert-OH is 1. The van der Waals surface area contributed by atoms with Gasteiger partial charge in [-0.15, -0.1) is 0 Å². The van der Waals surface area contributed by atoms with Crippen LogP contribution in [0.2, 0.25) is 0 Å². The largest absolute Gasteiger partial charge is 0.393 e. The van der Waals surface area contributed by atoms with Crippen LogP contribution in [-0.2, 0) is 19.9 Å². The predicted molar refractivity (Wildman–Crippen MR) is 62.4 cm³/mol. The summed E-state index contributed by atoms with van der Waals surface area (Å²) in [5, 5.41) is 9.18. The van der Waals surface area contributed by atoms with Gasteiger partial charge in [-0.2, -0.15) is 0 Å². The van der Waals surface area contributed by atoms with E-state index in [4.69, 9.17) is 0 Å². The van der Waals surface area contributed by atoms with Crippen LogP contribution >= 0.6 is 0 Å². The number of hydrogen-bond donors (Lipinski definition) is 2. The Morgan fingerprint density at radius 1 is 1.19 bits per heavy atom. The van der Waals surface area contributed by atoms with E-state index in [0.29, 0.717) is 12.8 Å². The van der Waals surface area contributed by atoms with Gasteiger partial charge in [0.1, 0.15) is 9.84 Å². The molecule has 0 fully saturated rings. The molecule has 2 N–H and O–H groups in total. The van der Waals surface area contributed by atoms with Crippen molar-refractivity contribution in [1.82, 2.24) is 4.72 Å². The molecule has 0 bridgehead atoms. The zero-order valence-corrected chi connectivity index (χ0v) is 11.1. The first kappa shape index (κ1) is 15.8. The summed E-state index contributed by atoms with van der Waals surface area (Å²) >= 11 is 0. The van der Waals surface area contributed by atoms with E-state index in [1.165, 1.54) is 0 Å². The molecule has 0 radical (unpaired) electrons. The molecule has 8 heteroatoms. The van der Waals surface area contributed by atoms with E-state index >= 15 is 0 Å². The predicted octanol–water partition coefficient (Wildman–Crippen LogP) is -0.889. The molecule has 0 aliphatic heterocycles. The minimum atomic E-state index is -3.56. The van der Waals surface area contributed by atoms with Crippen LogP contribution in [0.5, 0.6) is 0 Å². The lowest BCUT2D eigenvalue weighted by molar-refractivity contribution is 0.162. The highest BCUT2D eigenvalue weighted by Crippen LogP contribution is 1.96. The quantitative estimate of drug-likeness (QED) is 0.597. The fraction of sp³-hybridized carbons (Fsp3) is 1.00. The van der Waals surface area contributed by atoms with Crippen LogP contribution in [0.3, 0.4) is 0 Å². The summed E-state index contributed by atoms with van der Waals surface area (Å²) in [6.45, 7) is 1.92. The maximum Gasteiger partial charge on any atom is 0.212 e. The van der Waals surface area contributed by atoms with Crippen molar-refractivity contribution in [2.45, 2.75) is 25.9 Å². The molecule has 0 rings (SSSR count). The van der Waals surface area contributed by atoms with Gasteiger partial charge in [0.2, 0.25) is 10.0 Å². The highest BCUT2D eigenvalue weighted by molar-refractivity contribution is 7.93. The summed E-state index contributed by atoms with van der Waals surface area (Å²) in [6.07, 6.45) is 1.35. The van der Waals surface area contributed by atoms with Gasteiger partial charge in [0.05, 0.1) is 17.6 Å². The molecule has 0 aromatic heterocycles. The molecule has 0 aromatic carbocycles. The van der Waals surface area contributed by atoms with E-state index in [9.17, 15) is 21.9 Å². The van der Waals surface area contributed by atoms with Crippen molar-refractivity contribution in [1.29, 1.82) is 0 Å². The van der Waals surface area contributed by atoms with Crippen molar-refractivity contribution in [3.8, 4) is 0 Å². The van der Waals surface area contributed by atoms with Crippen LogP contribution in [0.1, 0.15) is 19.8 Å². The molecule has 0 heterocycles. The fourth-order valence-electron chi connectivity index (χ4n) is 0.918. The number of rotatable bonds is 8. The standard InChI is InChI=1S/C8H19NO5S2/c1-3-8(10)4-5-9-16(13,14)7-6-15(2,11)12/h8-10H,3-7H2,1-2H3. The third-order valence-electron chi connectivity index (χ3n) is 1.99. The Labute approximate surface area is 97.0 Å². The Morgan fingerprint density at radius 2 is 1.75 bits per heavy atom. The SMILES string of the molecule is CCC(O)CCNS(=O)(=O)CCS(C)(=O)=O. The Hall–Kier alpha value is -0.180. The van der Waals surface area contributed by atoms with Crippen molar-refractivity contribution in [2.24, 2.45) is 0 Å². The second-order valence-corrected chi connectivity index (χ2v) is 7.88. The van der Waals surface area contributed by atoms with Crippen LogP contribution in [0.4, 0.5) is 0 Å². The van der Waals surface area contributed by atoms with Gasteiger partial charge < -0.3 is 5.11 Å². The van der Waals surface area contributed by atoms with Crippen LogP contribution in [0, 0.1) is 0 Å². The van der Waals surface area contributed by atoms with Gasteiger partial charge in [-0.1, -0.05) is 6.92 Å². The average molecular weight is 273 g/mol. The molecule has 0 aromatic rings. The summed E-state index contributed by atoms with van der Waals surface area (Å²) in [7, 11) is -6.83. The van der Waals surface area contributed by atoms with E-state index in [1.54, 1.807) is 6.92 Å². The molecule has 0 saturated carbocycles. The molecule has 0 saturated heterocycles. The molecule has 1 unspecified atom stereocenters. The van der Waals surface area contributed by atoms with E-state index in [0.717, 1.165) is 6.26 Å². The molecular formula is C8H19NO5S2. The van der Waals surface area contributed by atoms with E-state index in [1.807, 2.05) is 0 Å². The van der Waals surface area contributed by atoms with Crippen LogP contribution in [0.15, 0.2) is 0 Å². The molecule has 0 spiro atoms. The zero-order chi connectivity index (χ0) is 12.8. The summed E-state index contributed by atoms with van der Waals surface area (Å²) in [4.78, 5) is 0. The molecule has 0 amide bonds. The van der Waals surface area contributed by atoms with E-state index in [-0.39, 0.29) is 6.54 Å². The van der Waals surface area contributed by atoms with E-state index < -0.39 is 37.5 Å². The van der Waals surface area contributed by atoms with Gasteiger partial charge in [-0.25, -0.2) is 21.6 Å². The highest BCUT2D eigenvalue weighted by atomic mass is 32.2. The first-order chi connectivity index (χ1) is 7.16. The molecule has 1 atom stereocenters. The summed E-state index contributed by atoms with van der Waals surface area (Å²) in [5.41, 5.74) is 0. The van der Waals surface area contributed by atoms with Gasteiger partial charge in [-0.05, 0) is 12.8 Å². The number of hydrogen-bond acceptors (Lipinski definition) is 5. The third kappa shape index (κ3) is 9.08. The maximum atomic E-state index is 11.3. The van der Waals surface area contributed by atoms with Crippen LogP contribution < -0.4 is 4.72 Å². The van der Waals surface area contributed by atoms with Gasteiger partial charge in [-0.3, -0.25) is 0 Å². The van der Waals surface area contributed by atoms with E-state index in [2.05, 4.69) is 4.72 Å². The van der Waals surface area contributed by atoms with Gasteiger partial charge in [0.15, 0.2) is 0 Å². The summed E-state index contributed by atoms with van der Waals surface area (Å²) in [5.74, 6) is -0.827. The lowest BCUT2D eigenvalue weighted by atomic mass is 10.2. The van der Waals surface area contributed by atoms with Gasteiger partial charge in [0, 0.05) is 12.8 Å². The zero-order valence-electron chi connectivity index (χ0n) is 9.51. The lowest BCUT2D eigenvalue weighted by Gasteiger charge is -2.09. The minimum Gasteiger partial charge on any atom is -0.393 e. The number of aliphatic hydroxyl groups is 1. The van der Waals surface area contributed by atoms with Crippen molar-refractivity contribution in [3.05, 3.63) is 0 Å². The Bertz CT molecular complexity index is 387. The summed E-state index contributed by atoms with van der Waals surface area (Å²) < 4.78 is 46.4. The third-order valence-corrected chi connectivity index (χ3v) is 4.58. The van der Waals surface area contributed by atoms with Crippen molar-refractivity contribution in [2.75, 3.05) is 24.3 Å². The van der Waals surface area contributed by atoms with Crippen LogP contribution in [0.25, 0.3) is 0 Å². The Balaban J connectivity index is 3.98. The minimum absolute atomic E-state index is 0.126. The molecular weight excluding hydrogens is 254 g/mol. The van der Waals surface area contributed by atoms with Gasteiger partial charge >= 0.3 is 0 Å². The molecule has 6 nitrogen and oxygen atoms in total. The van der Waals surface area contributed by atoms with Crippen molar-refractivity contribution in [3.63, 3.8) is 0 Å². The lowest BCUT2D eigenvalue weighted by Crippen LogP contribution is -2.31. The maximum absolute atomic E-state index is 11.3. The summed E-state index contributed by atoms with van der Waals surface area (Å²) in [6, 6.07) is 0. The number of nitrogens with one attached hydrogen (secondary N) is 1. The average Bonchev–Trinajstić information content (AvgIpc) is 2.13. The molecule has 0 aliphatic carbocycles. The van der Waals surface area contributed by atoms with Crippen LogP contribution in [-0.4, -0.2) is 52.4 Å². The second-order valence-electron chi connectivity index (χ2n) is 3.69.